The van der Waals surface area contributed by atoms with Crippen molar-refractivity contribution < 1.29 is 9.50 Å². The van der Waals surface area contributed by atoms with Gasteiger partial charge in [0.05, 0.1) is 6.10 Å². The molecule has 90 valence electrons. The zero-order valence-corrected chi connectivity index (χ0v) is 11.5. The molecule has 0 saturated heterocycles. The smallest absolute Gasteiger partial charge is 0.124 e. The maximum absolute atomic E-state index is 13.1. The van der Waals surface area contributed by atoms with Gasteiger partial charge in [0, 0.05) is 4.47 Å². The Bertz CT molecular complexity index is 343. The van der Waals surface area contributed by atoms with Crippen molar-refractivity contribution in [3.63, 3.8) is 0 Å². The monoisotopic (exact) mass is 288 g/mol. The molecule has 0 aromatic heterocycles. The van der Waals surface area contributed by atoms with Crippen LogP contribution in [0.5, 0.6) is 0 Å². The highest BCUT2D eigenvalue weighted by Crippen LogP contribution is 2.28. The molecule has 1 N–H and O–H groups in total. The van der Waals surface area contributed by atoms with Gasteiger partial charge < -0.3 is 5.11 Å². The quantitative estimate of drug-likeness (QED) is 0.890. The summed E-state index contributed by atoms with van der Waals surface area (Å²) in [6.07, 6.45) is 0.924. The molecule has 16 heavy (non-hydrogen) atoms. The van der Waals surface area contributed by atoms with Crippen molar-refractivity contribution in [3.05, 3.63) is 34.1 Å². The molecule has 0 aliphatic carbocycles. The van der Waals surface area contributed by atoms with Crippen molar-refractivity contribution in [2.75, 3.05) is 0 Å². The van der Waals surface area contributed by atoms with E-state index in [1.165, 1.54) is 12.1 Å². The fourth-order valence-corrected chi connectivity index (χ4v) is 1.98. The predicted octanol–water partition coefficient (Wildman–Crippen LogP) is 3.93. The third kappa shape index (κ3) is 3.56. The van der Waals surface area contributed by atoms with Crippen LogP contribution in [-0.2, 0) is 6.42 Å². The van der Waals surface area contributed by atoms with Crippen LogP contribution in [0.15, 0.2) is 22.7 Å². The standard InChI is InChI=1S/C13H18BrFO/c1-4-13(2,3)12(16)7-9-5-10(14)8-11(15)6-9/h5-6,8,12,16H,4,7H2,1-3H3. The van der Waals surface area contributed by atoms with E-state index in [9.17, 15) is 9.50 Å². The van der Waals surface area contributed by atoms with Crippen LogP contribution in [0.3, 0.4) is 0 Å². The molecule has 1 aromatic rings. The second kappa shape index (κ2) is 5.28. The van der Waals surface area contributed by atoms with Gasteiger partial charge in [0.2, 0.25) is 0 Å². The van der Waals surface area contributed by atoms with Crippen LogP contribution in [0.2, 0.25) is 0 Å². The highest BCUT2D eigenvalue weighted by Gasteiger charge is 2.25. The fraction of sp³-hybridized carbons (Fsp3) is 0.538. The van der Waals surface area contributed by atoms with Gasteiger partial charge in [-0.1, -0.05) is 36.7 Å². The Morgan fingerprint density at radius 2 is 2.00 bits per heavy atom. The van der Waals surface area contributed by atoms with Gasteiger partial charge >= 0.3 is 0 Å². The minimum atomic E-state index is -0.453. The lowest BCUT2D eigenvalue weighted by Gasteiger charge is -2.29. The number of benzene rings is 1. The molecule has 0 fully saturated rings. The first-order valence-corrected chi connectivity index (χ1v) is 6.27. The zero-order chi connectivity index (χ0) is 12.3. The Hall–Kier alpha value is -0.410. The first-order valence-electron chi connectivity index (χ1n) is 5.48. The van der Waals surface area contributed by atoms with Gasteiger partial charge in [-0.2, -0.15) is 0 Å². The Morgan fingerprint density at radius 1 is 1.38 bits per heavy atom. The summed E-state index contributed by atoms with van der Waals surface area (Å²) < 4.78 is 13.9. The summed E-state index contributed by atoms with van der Waals surface area (Å²) in [5.41, 5.74) is 0.680. The van der Waals surface area contributed by atoms with Gasteiger partial charge in [-0.25, -0.2) is 4.39 Å². The molecule has 1 nitrogen and oxygen atoms in total. The number of hydrogen-bond donors (Lipinski definition) is 1. The van der Waals surface area contributed by atoms with E-state index in [0.29, 0.717) is 10.9 Å². The van der Waals surface area contributed by atoms with E-state index in [4.69, 9.17) is 0 Å². The molecule has 0 radical (unpaired) electrons. The minimum absolute atomic E-state index is 0.140. The molecule has 0 saturated carbocycles. The lowest BCUT2D eigenvalue weighted by molar-refractivity contribution is 0.0479. The molecule has 0 spiro atoms. The third-order valence-corrected chi connectivity index (χ3v) is 3.62. The SMILES string of the molecule is CCC(C)(C)C(O)Cc1cc(F)cc(Br)c1. The summed E-state index contributed by atoms with van der Waals surface area (Å²) in [4.78, 5) is 0. The average molecular weight is 289 g/mol. The second-order valence-electron chi connectivity index (χ2n) is 4.84. The summed E-state index contributed by atoms with van der Waals surface area (Å²) in [7, 11) is 0. The highest BCUT2D eigenvalue weighted by atomic mass is 79.9. The van der Waals surface area contributed by atoms with Crippen molar-refractivity contribution in [1.29, 1.82) is 0 Å². The lowest BCUT2D eigenvalue weighted by Crippen LogP contribution is -2.30. The van der Waals surface area contributed by atoms with Crippen LogP contribution in [0.1, 0.15) is 32.8 Å². The van der Waals surface area contributed by atoms with Crippen molar-refractivity contribution >= 4 is 15.9 Å². The summed E-state index contributed by atoms with van der Waals surface area (Å²) in [5.74, 6) is -0.272. The first-order chi connectivity index (χ1) is 7.35. The fourth-order valence-electron chi connectivity index (χ4n) is 1.46. The number of aliphatic hydroxyl groups is 1. The number of aliphatic hydroxyl groups excluding tert-OH is 1. The maximum atomic E-state index is 13.1. The van der Waals surface area contributed by atoms with Crippen molar-refractivity contribution in [1.82, 2.24) is 0 Å². The molecule has 1 atom stereocenters. The molecular formula is C13H18BrFO. The molecule has 1 unspecified atom stereocenters. The van der Waals surface area contributed by atoms with E-state index < -0.39 is 6.10 Å². The number of hydrogen-bond acceptors (Lipinski definition) is 1. The Kier molecular flexibility index (Phi) is 4.51. The molecule has 0 amide bonds. The van der Waals surface area contributed by atoms with Crippen molar-refractivity contribution in [3.8, 4) is 0 Å². The largest absolute Gasteiger partial charge is 0.392 e. The van der Waals surface area contributed by atoms with E-state index >= 15 is 0 Å². The zero-order valence-electron chi connectivity index (χ0n) is 9.93. The van der Waals surface area contributed by atoms with Gasteiger partial charge in [-0.3, -0.25) is 0 Å². The van der Waals surface area contributed by atoms with Crippen LogP contribution < -0.4 is 0 Å². The van der Waals surface area contributed by atoms with E-state index in [1.54, 1.807) is 0 Å². The topological polar surface area (TPSA) is 20.2 Å². The number of rotatable bonds is 4. The summed E-state index contributed by atoms with van der Waals surface area (Å²) in [6.45, 7) is 6.09. The Balaban J connectivity index is 2.80. The second-order valence-corrected chi connectivity index (χ2v) is 5.76. The highest BCUT2D eigenvalue weighted by molar-refractivity contribution is 9.10. The molecule has 1 aromatic carbocycles. The summed E-state index contributed by atoms with van der Waals surface area (Å²) in [5, 5.41) is 10.1. The molecule has 0 aliphatic heterocycles. The van der Waals surface area contributed by atoms with Crippen LogP contribution >= 0.6 is 15.9 Å². The molecule has 0 heterocycles. The van der Waals surface area contributed by atoms with Crippen molar-refractivity contribution in [2.45, 2.75) is 39.7 Å². The van der Waals surface area contributed by atoms with E-state index in [2.05, 4.69) is 15.9 Å². The van der Waals surface area contributed by atoms with Gasteiger partial charge in [0.1, 0.15) is 5.82 Å². The van der Waals surface area contributed by atoms with Crippen LogP contribution in [0.25, 0.3) is 0 Å². The third-order valence-electron chi connectivity index (χ3n) is 3.16. The summed E-state index contributed by atoms with van der Waals surface area (Å²) in [6, 6.07) is 4.73. The average Bonchev–Trinajstić information content (AvgIpc) is 2.15. The minimum Gasteiger partial charge on any atom is -0.392 e. The normalized spacial score (nSPS) is 13.9. The van der Waals surface area contributed by atoms with Gasteiger partial charge in [-0.15, -0.1) is 0 Å². The van der Waals surface area contributed by atoms with Crippen molar-refractivity contribution in [2.24, 2.45) is 5.41 Å². The van der Waals surface area contributed by atoms with E-state index in [1.807, 2.05) is 26.8 Å². The Morgan fingerprint density at radius 3 is 2.50 bits per heavy atom. The first kappa shape index (κ1) is 13.7. The molecule has 0 bridgehead atoms. The van der Waals surface area contributed by atoms with E-state index in [0.717, 1.165) is 12.0 Å². The Labute approximate surface area is 105 Å². The predicted molar refractivity (Wildman–Crippen MR) is 67.9 cm³/mol. The van der Waals surface area contributed by atoms with Gasteiger partial charge in [0.25, 0.3) is 0 Å². The van der Waals surface area contributed by atoms with Crippen LogP contribution in [0.4, 0.5) is 4.39 Å². The van der Waals surface area contributed by atoms with E-state index in [-0.39, 0.29) is 11.2 Å². The van der Waals surface area contributed by atoms with Crippen LogP contribution in [0, 0.1) is 11.2 Å². The number of halogens is 2. The maximum Gasteiger partial charge on any atom is 0.124 e. The molecular weight excluding hydrogens is 271 g/mol. The molecule has 3 heteroatoms. The molecule has 1 rings (SSSR count). The van der Waals surface area contributed by atoms with Crippen LogP contribution in [-0.4, -0.2) is 11.2 Å². The van der Waals surface area contributed by atoms with Gasteiger partial charge in [0.15, 0.2) is 0 Å². The van der Waals surface area contributed by atoms with Gasteiger partial charge in [-0.05, 0) is 42.0 Å². The lowest BCUT2D eigenvalue weighted by atomic mass is 9.81. The molecule has 0 aliphatic rings. The summed E-state index contributed by atoms with van der Waals surface area (Å²) >= 11 is 3.25.